The highest BCUT2D eigenvalue weighted by Gasteiger charge is 2.26. The van der Waals surface area contributed by atoms with Crippen molar-refractivity contribution in [1.82, 2.24) is 4.90 Å². The summed E-state index contributed by atoms with van der Waals surface area (Å²) in [5, 5.41) is 4.39. The van der Waals surface area contributed by atoms with Crippen molar-refractivity contribution in [3.05, 3.63) is 83.7 Å². The first kappa shape index (κ1) is 16.2. The summed E-state index contributed by atoms with van der Waals surface area (Å²) in [5.41, 5.74) is 1.49. The second kappa shape index (κ2) is 7.25. The van der Waals surface area contributed by atoms with Crippen LogP contribution in [0.5, 0.6) is 0 Å². The highest BCUT2D eigenvalue weighted by molar-refractivity contribution is 7.77. The summed E-state index contributed by atoms with van der Waals surface area (Å²) < 4.78 is 0. The number of hydrogen-bond acceptors (Lipinski definition) is 1. The van der Waals surface area contributed by atoms with E-state index in [9.17, 15) is 0 Å². The third-order valence-electron chi connectivity index (χ3n) is 4.44. The number of allylic oxidation sites excluding steroid dienone is 2. The van der Waals surface area contributed by atoms with Crippen LogP contribution in [-0.4, -0.2) is 25.0 Å². The molecule has 2 aromatic carbocycles. The summed E-state index contributed by atoms with van der Waals surface area (Å²) in [6, 6.07) is 22.4. The van der Waals surface area contributed by atoms with E-state index in [0.717, 1.165) is 6.42 Å². The summed E-state index contributed by atoms with van der Waals surface area (Å²) in [5.74, 6) is 0. The molecule has 0 saturated carbocycles. The van der Waals surface area contributed by atoms with Crippen molar-refractivity contribution in [3.63, 3.8) is 0 Å². The van der Waals surface area contributed by atoms with E-state index < -0.39 is 7.92 Å². The van der Waals surface area contributed by atoms with Gasteiger partial charge in [0, 0.05) is 6.04 Å². The number of hydrogen-bond donors (Lipinski definition) is 0. The van der Waals surface area contributed by atoms with E-state index in [0.29, 0.717) is 6.04 Å². The second-order valence-electron chi connectivity index (χ2n) is 6.13. The minimum Gasteiger partial charge on any atom is -0.303 e. The normalized spacial score (nSPS) is 15.7. The van der Waals surface area contributed by atoms with Crippen molar-refractivity contribution in [1.29, 1.82) is 0 Å². The minimum atomic E-state index is -0.482. The van der Waals surface area contributed by atoms with E-state index in [1.807, 2.05) is 0 Å². The molecule has 23 heavy (non-hydrogen) atoms. The maximum atomic E-state index is 2.43. The molecule has 1 nitrogen and oxygen atoms in total. The lowest BCUT2D eigenvalue weighted by atomic mass is 10.1. The Bertz CT molecular complexity index is 662. The first-order chi connectivity index (χ1) is 11.2. The highest BCUT2D eigenvalue weighted by Crippen LogP contribution is 2.49. The molecule has 0 saturated heterocycles. The molecule has 0 aromatic heterocycles. The van der Waals surface area contributed by atoms with Gasteiger partial charge in [-0.2, -0.15) is 0 Å². The largest absolute Gasteiger partial charge is 0.303 e. The molecule has 0 fully saturated rings. The van der Waals surface area contributed by atoms with Crippen LogP contribution in [0.15, 0.2) is 83.7 Å². The molecular weight excluding hydrogens is 297 g/mol. The molecule has 0 N–H and O–H groups in total. The molecule has 0 unspecified atom stereocenters. The molecular formula is C21H24NP. The molecule has 3 rings (SSSR count). The Morgan fingerprint density at radius 1 is 0.826 bits per heavy atom. The van der Waals surface area contributed by atoms with Gasteiger partial charge in [-0.15, -0.1) is 0 Å². The van der Waals surface area contributed by atoms with Crippen molar-refractivity contribution in [3.8, 4) is 0 Å². The predicted molar refractivity (Wildman–Crippen MR) is 103 cm³/mol. The fraction of sp³-hybridized carbons (Fsp3) is 0.238. The lowest BCUT2D eigenvalue weighted by Gasteiger charge is -2.28. The zero-order chi connectivity index (χ0) is 16.2. The summed E-state index contributed by atoms with van der Waals surface area (Å²) in [4.78, 5) is 2.30. The Kier molecular flexibility index (Phi) is 5.10. The first-order valence-electron chi connectivity index (χ1n) is 8.15. The molecule has 0 radical (unpaired) electrons. The van der Waals surface area contributed by atoms with E-state index in [1.54, 1.807) is 0 Å². The Hall–Kier alpha value is -1.69. The molecule has 1 atom stereocenters. The van der Waals surface area contributed by atoms with Gasteiger partial charge in [-0.3, -0.25) is 0 Å². The Morgan fingerprint density at radius 2 is 1.35 bits per heavy atom. The van der Waals surface area contributed by atoms with Gasteiger partial charge in [0.15, 0.2) is 0 Å². The Balaban J connectivity index is 2.05. The lowest BCUT2D eigenvalue weighted by Crippen LogP contribution is -2.28. The van der Waals surface area contributed by atoms with Gasteiger partial charge in [-0.1, -0.05) is 72.8 Å². The number of nitrogens with zero attached hydrogens (tertiary/aromatic N) is 1. The fourth-order valence-electron chi connectivity index (χ4n) is 2.98. The number of rotatable bonds is 5. The highest BCUT2D eigenvalue weighted by atomic mass is 31.1. The number of likely N-dealkylation sites (N-methyl/N-ethyl adjacent to an activating group) is 1. The first-order valence-corrected chi connectivity index (χ1v) is 9.50. The monoisotopic (exact) mass is 321 g/mol. The average Bonchev–Trinajstić information content (AvgIpc) is 3.05. The molecule has 0 heterocycles. The molecule has 1 aliphatic rings. The van der Waals surface area contributed by atoms with Gasteiger partial charge in [-0.05, 0) is 56.9 Å². The van der Waals surface area contributed by atoms with Gasteiger partial charge < -0.3 is 4.90 Å². The van der Waals surface area contributed by atoms with Crippen molar-refractivity contribution < 1.29 is 0 Å². The van der Waals surface area contributed by atoms with Gasteiger partial charge in [-0.25, -0.2) is 0 Å². The summed E-state index contributed by atoms with van der Waals surface area (Å²) in [6.45, 7) is 2.30. The van der Waals surface area contributed by atoms with Crippen LogP contribution in [0.3, 0.4) is 0 Å². The lowest BCUT2D eigenvalue weighted by molar-refractivity contribution is 0.354. The standard InChI is InChI=1S/C21H24NP/c1-17(22(2)3)20-15-10-16-21(20)23(18-11-6-4-7-12-18)19-13-8-5-9-14-19/h4-9,11-17H,10H2,1-3H3/t17-/m0/s1. The van der Waals surface area contributed by atoms with Crippen LogP contribution in [0.1, 0.15) is 13.3 Å². The third-order valence-corrected chi connectivity index (χ3v) is 6.99. The van der Waals surface area contributed by atoms with E-state index in [2.05, 4.69) is 98.7 Å². The minimum absolute atomic E-state index is 0.446. The van der Waals surface area contributed by atoms with Gasteiger partial charge in [0.05, 0.1) is 0 Å². The molecule has 0 aliphatic heterocycles. The van der Waals surface area contributed by atoms with Crippen molar-refractivity contribution in [2.24, 2.45) is 0 Å². The number of benzene rings is 2. The smallest absolute Gasteiger partial charge is 0.0317 e. The molecule has 2 heteroatoms. The van der Waals surface area contributed by atoms with Crippen LogP contribution in [0.25, 0.3) is 0 Å². The van der Waals surface area contributed by atoms with Crippen LogP contribution < -0.4 is 10.6 Å². The van der Waals surface area contributed by atoms with Crippen molar-refractivity contribution in [2.45, 2.75) is 19.4 Å². The quantitative estimate of drug-likeness (QED) is 0.743. The maximum Gasteiger partial charge on any atom is 0.0317 e. The van der Waals surface area contributed by atoms with E-state index in [-0.39, 0.29) is 0 Å². The molecule has 0 spiro atoms. The van der Waals surface area contributed by atoms with Gasteiger partial charge in [0.25, 0.3) is 0 Å². The summed E-state index contributed by atoms with van der Waals surface area (Å²) in [7, 11) is 3.84. The van der Waals surface area contributed by atoms with Crippen LogP contribution in [-0.2, 0) is 0 Å². The Labute approximate surface area is 141 Å². The zero-order valence-electron chi connectivity index (χ0n) is 14.1. The Morgan fingerprint density at radius 3 is 1.83 bits per heavy atom. The van der Waals surface area contributed by atoms with Crippen LogP contribution in [0.2, 0.25) is 0 Å². The van der Waals surface area contributed by atoms with E-state index >= 15 is 0 Å². The van der Waals surface area contributed by atoms with Crippen molar-refractivity contribution >= 4 is 18.5 Å². The van der Waals surface area contributed by atoms with Gasteiger partial charge in [0.2, 0.25) is 0 Å². The topological polar surface area (TPSA) is 3.24 Å². The molecule has 0 bridgehead atoms. The summed E-state index contributed by atoms with van der Waals surface area (Å²) >= 11 is 0. The van der Waals surface area contributed by atoms with Crippen LogP contribution in [0.4, 0.5) is 0 Å². The summed E-state index contributed by atoms with van der Waals surface area (Å²) in [6.07, 6.45) is 5.89. The van der Waals surface area contributed by atoms with Gasteiger partial charge >= 0.3 is 0 Å². The maximum absolute atomic E-state index is 2.43. The second-order valence-corrected chi connectivity index (χ2v) is 8.32. The predicted octanol–water partition coefficient (Wildman–Crippen LogP) is 4.28. The van der Waals surface area contributed by atoms with E-state index in [4.69, 9.17) is 0 Å². The molecule has 2 aromatic rings. The molecule has 0 amide bonds. The third kappa shape index (κ3) is 3.47. The molecule has 1 aliphatic carbocycles. The van der Waals surface area contributed by atoms with Gasteiger partial charge in [0.1, 0.15) is 0 Å². The molecule has 118 valence electrons. The average molecular weight is 321 g/mol. The fourth-order valence-corrected chi connectivity index (χ4v) is 5.60. The van der Waals surface area contributed by atoms with Crippen LogP contribution in [0, 0.1) is 0 Å². The van der Waals surface area contributed by atoms with Crippen LogP contribution >= 0.6 is 7.92 Å². The zero-order valence-corrected chi connectivity index (χ0v) is 15.0. The van der Waals surface area contributed by atoms with E-state index in [1.165, 1.54) is 21.5 Å². The SMILES string of the molecule is C[C@@H](C1=CCC=C1P(c1ccccc1)c1ccccc1)N(C)C. The van der Waals surface area contributed by atoms with Crippen molar-refractivity contribution in [2.75, 3.05) is 14.1 Å².